The minimum Gasteiger partial charge on any atom is -0.343 e. The molecule has 2 aromatic carbocycles. The second kappa shape index (κ2) is 6.29. The zero-order chi connectivity index (χ0) is 14.7. The molecule has 0 bridgehead atoms. The summed E-state index contributed by atoms with van der Waals surface area (Å²) >= 11 is 6.44. The first kappa shape index (κ1) is 14.9. The summed E-state index contributed by atoms with van der Waals surface area (Å²) in [6, 6.07) is 15.0. The average molecular weight is 289 g/mol. The number of hydrogen-bond donors (Lipinski definition) is 1. The molecule has 2 nitrogen and oxygen atoms in total. The Hall–Kier alpha value is -1.51. The molecule has 20 heavy (non-hydrogen) atoms. The minimum absolute atomic E-state index is 0.297. The molecule has 0 saturated carbocycles. The normalized spacial score (nSPS) is 12.2. The molecular formula is C17H21ClN2. The number of nitrogens with one attached hydrogen (secondary N) is 1. The van der Waals surface area contributed by atoms with E-state index in [-0.39, 0.29) is 0 Å². The van der Waals surface area contributed by atoms with Gasteiger partial charge >= 0.3 is 0 Å². The predicted molar refractivity (Wildman–Crippen MR) is 88.2 cm³/mol. The molecule has 106 valence electrons. The molecule has 2 aromatic rings. The lowest BCUT2D eigenvalue weighted by Gasteiger charge is -2.22. The van der Waals surface area contributed by atoms with Gasteiger partial charge in [-0.15, -0.1) is 0 Å². The summed E-state index contributed by atoms with van der Waals surface area (Å²) in [7, 11) is 3.98. The van der Waals surface area contributed by atoms with Crippen LogP contribution in [0.25, 0.3) is 0 Å². The third kappa shape index (κ3) is 3.14. The highest BCUT2D eigenvalue weighted by molar-refractivity contribution is 6.33. The van der Waals surface area contributed by atoms with Crippen molar-refractivity contribution in [2.75, 3.05) is 19.0 Å². The van der Waals surface area contributed by atoms with Crippen LogP contribution in [-0.4, -0.2) is 14.1 Å². The molecule has 0 saturated heterocycles. The smallest absolute Gasteiger partial charge is 0.0646 e. The van der Waals surface area contributed by atoms with Crippen molar-refractivity contribution >= 4 is 23.0 Å². The topological polar surface area (TPSA) is 15.3 Å². The fourth-order valence-electron chi connectivity index (χ4n) is 2.14. The molecule has 0 aromatic heterocycles. The van der Waals surface area contributed by atoms with E-state index in [0.717, 1.165) is 16.4 Å². The second-order valence-corrected chi connectivity index (χ2v) is 5.52. The second-order valence-electron chi connectivity index (χ2n) is 5.12. The molecule has 0 aliphatic rings. The molecule has 0 heterocycles. The van der Waals surface area contributed by atoms with Crippen molar-refractivity contribution in [2.24, 2.45) is 0 Å². The first-order valence-electron chi connectivity index (χ1n) is 6.80. The van der Waals surface area contributed by atoms with Crippen molar-refractivity contribution in [1.82, 2.24) is 5.32 Å². The molecule has 3 heteroatoms. The third-order valence-electron chi connectivity index (χ3n) is 3.69. The molecule has 2 rings (SSSR count). The maximum Gasteiger partial charge on any atom is 0.0646 e. The lowest BCUT2D eigenvalue weighted by molar-refractivity contribution is 0.652. The van der Waals surface area contributed by atoms with Crippen molar-refractivity contribution in [3.8, 4) is 0 Å². The number of rotatable bonds is 4. The summed E-state index contributed by atoms with van der Waals surface area (Å²) in [5, 5.41) is 3.99. The number of nitrogens with zero attached hydrogens (tertiary/aromatic N) is 1. The lowest BCUT2D eigenvalue weighted by atomic mass is 10.1. The van der Waals surface area contributed by atoms with Gasteiger partial charge in [0.05, 0.1) is 10.7 Å². The van der Waals surface area contributed by atoms with Gasteiger partial charge in [-0.3, -0.25) is 0 Å². The molecule has 1 atom stereocenters. The largest absolute Gasteiger partial charge is 0.343 e. The summed E-state index contributed by atoms with van der Waals surface area (Å²) < 4.78 is 0. The van der Waals surface area contributed by atoms with E-state index in [0.29, 0.717) is 6.04 Å². The molecule has 0 aliphatic carbocycles. The zero-order valence-electron chi connectivity index (χ0n) is 12.4. The number of aryl methyl sites for hydroxylation is 1. The molecule has 0 amide bonds. The Morgan fingerprint density at radius 3 is 2.30 bits per heavy atom. The van der Waals surface area contributed by atoms with E-state index >= 15 is 0 Å². The van der Waals surface area contributed by atoms with Crippen molar-refractivity contribution < 1.29 is 0 Å². The highest BCUT2D eigenvalue weighted by Gasteiger charge is 2.11. The van der Waals surface area contributed by atoms with Crippen LogP contribution in [-0.2, 0) is 0 Å². The number of anilines is 2. The molecule has 0 fully saturated rings. The zero-order valence-corrected chi connectivity index (χ0v) is 13.2. The standard InChI is InChI=1S/C17H21ClN2/c1-12-5-8-15(9-6-12)20(4)17-10-7-14(11-16(17)18)13(2)19-3/h5-11,13,19H,1-4H3. The van der Waals surface area contributed by atoms with Gasteiger partial charge in [-0.1, -0.05) is 35.4 Å². The molecular weight excluding hydrogens is 268 g/mol. The number of hydrogen-bond acceptors (Lipinski definition) is 2. The summed E-state index contributed by atoms with van der Waals surface area (Å²) in [4.78, 5) is 2.11. The van der Waals surface area contributed by atoms with Crippen LogP contribution in [0.3, 0.4) is 0 Å². The van der Waals surface area contributed by atoms with Gasteiger partial charge in [0.2, 0.25) is 0 Å². The fourth-order valence-corrected chi connectivity index (χ4v) is 2.45. The van der Waals surface area contributed by atoms with E-state index in [2.05, 4.69) is 60.5 Å². The van der Waals surface area contributed by atoms with E-state index in [9.17, 15) is 0 Å². The van der Waals surface area contributed by atoms with Crippen LogP contribution in [0.2, 0.25) is 5.02 Å². The van der Waals surface area contributed by atoms with Crippen LogP contribution in [0.15, 0.2) is 42.5 Å². The van der Waals surface area contributed by atoms with Gasteiger partial charge < -0.3 is 10.2 Å². The third-order valence-corrected chi connectivity index (χ3v) is 3.99. The van der Waals surface area contributed by atoms with E-state index in [1.807, 2.05) is 20.2 Å². The molecule has 0 aliphatic heterocycles. The Bertz CT molecular complexity index is 578. The fraction of sp³-hybridized carbons (Fsp3) is 0.294. The minimum atomic E-state index is 0.297. The van der Waals surface area contributed by atoms with Gasteiger partial charge in [0.15, 0.2) is 0 Å². The van der Waals surface area contributed by atoms with Gasteiger partial charge in [-0.25, -0.2) is 0 Å². The Balaban J connectivity index is 2.30. The summed E-state index contributed by atoms with van der Waals surface area (Å²) in [5.41, 5.74) is 4.60. The lowest BCUT2D eigenvalue weighted by Crippen LogP contribution is -2.13. The first-order valence-corrected chi connectivity index (χ1v) is 7.18. The predicted octanol–water partition coefficient (Wildman–Crippen LogP) is 4.70. The Labute approximate surface area is 126 Å². The molecule has 1 unspecified atom stereocenters. The van der Waals surface area contributed by atoms with Crippen LogP contribution in [0, 0.1) is 6.92 Å². The van der Waals surface area contributed by atoms with Crippen molar-refractivity contribution in [3.63, 3.8) is 0 Å². The molecule has 0 spiro atoms. The summed E-state index contributed by atoms with van der Waals surface area (Å²) in [5.74, 6) is 0. The van der Waals surface area contributed by atoms with Crippen LogP contribution < -0.4 is 10.2 Å². The SMILES string of the molecule is CNC(C)c1ccc(N(C)c2ccc(C)cc2)c(Cl)c1. The average Bonchev–Trinajstić information content (AvgIpc) is 2.46. The number of benzene rings is 2. The maximum atomic E-state index is 6.44. The highest BCUT2D eigenvalue weighted by atomic mass is 35.5. The summed E-state index contributed by atoms with van der Waals surface area (Å²) in [6.45, 7) is 4.21. The quantitative estimate of drug-likeness (QED) is 0.877. The van der Waals surface area contributed by atoms with Gasteiger partial charge in [-0.05, 0) is 50.7 Å². The van der Waals surface area contributed by atoms with Crippen LogP contribution in [0.1, 0.15) is 24.1 Å². The maximum absolute atomic E-state index is 6.44. The van der Waals surface area contributed by atoms with E-state index in [1.165, 1.54) is 11.1 Å². The molecule has 0 radical (unpaired) electrons. The van der Waals surface area contributed by atoms with Crippen molar-refractivity contribution in [1.29, 1.82) is 0 Å². The Morgan fingerprint density at radius 2 is 1.75 bits per heavy atom. The van der Waals surface area contributed by atoms with Gasteiger partial charge in [0.25, 0.3) is 0 Å². The van der Waals surface area contributed by atoms with Crippen molar-refractivity contribution in [2.45, 2.75) is 19.9 Å². The van der Waals surface area contributed by atoms with Gasteiger partial charge in [0, 0.05) is 18.8 Å². The summed E-state index contributed by atoms with van der Waals surface area (Å²) in [6.07, 6.45) is 0. The van der Waals surface area contributed by atoms with E-state index < -0.39 is 0 Å². The monoisotopic (exact) mass is 288 g/mol. The van der Waals surface area contributed by atoms with E-state index in [1.54, 1.807) is 0 Å². The van der Waals surface area contributed by atoms with E-state index in [4.69, 9.17) is 11.6 Å². The van der Waals surface area contributed by atoms with Crippen LogP contribution in [0.5, 0.6) is 0 Å². The Morgan fingerprint density at radius 1 is 1.10 bits per heavy atom. The molecule has 1 N–H and O–H groups in total. The van der Waals surface area contributed by atoms with Crippen LogP contribution >= 0.6 is 11.6 Å². The van der Waals surface area contributed by atoms with Crippen molar-refractivity contribution in [3.05, 3.63) is 58.6 Å². The first-order chi connectivity index (χ1) is 9.52. The van der Waals surface area contributed by atoms with Crippen LogP contribution in [0.4, 0.5) is 11.4 Å². The number of halogens is 1. The van der Waals surface area contributed by atoms with Gasteiger partial charge in [-0.2, -0.15) is 0 Å². The Kier molecular flexibility index (Phi) is 4.69. The van der Waals surface area contributed by atoms with Gasteiger partial charge in [0.1, 0.15) is 0 Å². The highest BCUT2D eigenvalue weighted by Crippen LogP contribution is 2.32.